The van der Waals surface area contributed by atoms with E-state index in [1.54, 1.807) is 0 Å². The van der Waals surface area contributed by atoms with Crippen molar-refractivity contribution in [2.24, 2.45) is 10.3 Å². The second-order valence-corrected chi connectivity index (χ2v) is 4.27. The maximum Gasteiger partial charge on any atom is 0.416 e. The highest BCUT2D eigenvalue weighted by Gasteiger charge is 2.34. The minimum Gasteiger partial charge on any atom is -0.306 e. The van der Waals surface area contributed by atoms with E-state index in [0.717, 1.165) is 11.1 Å². The first-order valence-electron chi connectivity index (χ1n) is 5.40. The minimum atomic E-state index is -4.49. The number of carbonyl (C=O) groups excluding carboxylic acids is 1. The van der Waals surface area contributed by atoms with Gasteiger partial charge in [-0.15, -0.1) is 0 Å². The van der Waals surface area contributed by atoms with E-state index < -0.39 is 17.8 Å². The van der Waals surface area contributed by atoms with Crippen LogP contribution < -0.4 is 5.32 Å². The number of benzene rings is 1. The molecule has 0 radical (unpaired) electrons. The highest BCUT2D eigenvalue weighted by atomic mass is 79.9. The first-order valence-corrected chi connectivity index (χ1v) is 6.53. The van der Waals surface area contributed by atoms with Gasteiger partial charge in [-0.2, -0.15) is 23.3 Å². The van der Waals surface area contributed by atoms with Crippen LogP contribution in [0.3, 0.4) is 0 Å². The summed E-state index contributed by atoms with van der Waals surface area (Å²) in [6, 6.07) is 2.89. The van der Waals surface area contributed by atoms with Crippen molar-refractivity contribution in [3.05, 3.63) is 29.3 Å². The highest BCUT2D eigenvalue weighted by molar-refractivity contribution is 9.08. The Morgan fingerprint density at radius 3 is 2.60 bits per heavy atom. The third-order valence-electron chi connectivity index (χ3n) is 2.37. The van der Waals surface area contributed by atoms with Crippen molar-refractivity contribution in [1.82, 2.24) is 5.01 Å². The Hall–Kier alpha value is -1.64. The van der Waals surface area contributed by atoms with Gasteiger partial charge in [0, 0.05) is 18.1 Å². The van der Waals surface area contributed by atoms with Gasteiger partial charge in [0.1, 0.15) is 0 Å². The van der Waals surface area contributed by atoms with Crippen LogP contribution in [0.5, 0.6) is 0 Å². The molecule has 0 aliphatic heterocycles. The number of amides is 2. The van der Waals surface area contributed by atoms with Crippen LogP contribution in [0, 0.1) is 0 Å². The Morgan fingerprint density at radius 2 is 2.10 bits per heavy atom. The van der Waals surface area contributed by atoms with E-state index in [1.165, 1.54) is 26.2 Å². The van der Waals surface area contributed by atoms with E-state index in [9.17, 15) is 18.0 Å². The van der Waals surface area contributed by atoms with E-state index in [2.05, 4.69) is 31.6 Å². The van der Waals surface area contributed by atoms with Crippen molar-refractivity contribution >= 4 is 27.6 Å². The fourth-order valence-corrected chi connectivity index (χ4v) is 2.09. The summed E-state index contributed by atoms with van der Waals surface area (Å²) in [5.74, 6) is 0. The second kappa shape index (κ2) is 6.69. The molecule has 20 heavy (non-hydrogen) atoms. The number of hydrogen-bond acceptors (Lipinski definition) is 3. The normalized spacial score (nSPS) is 11.7. The maximum atomic E-state index is 12.9. The molecule has 0 unspecified atom stereocenters. The van der Waals surface area contributed by atoms with Gasteiger partial charge in [-0.3, -0.25) is 0 Å². The fraction of sp³-hybridized carbons (Fsp3) is 0.364. The number of hydrogen-bond donors (Lipinski definition) is 1. The van der Waals surface area contributed by atoms with Crippen LogP contribution in [-0.2, 0) is 11.5 Å². The zero-order valence-corrected chi connectivity index (χ0v) is 12.3. The number of halogens is 4. The quantitative estimate of drug-likeness (QED) is 0.497. The van der Waals surface area contributed by atoms with Crippen molar-refractivity contribution in [3.8, 4) is 0 Å². The Kier molecular flexibility index (Phi) is 5.49. The molecule has 5 nitrogen and oxygen atoms in total. The molecular formula is C11H12BrF3N4O. The van der Waals surface area contributed by atoms with Crippen molar-refractivity contribution in [1.29, 1.82) is 0 Å². The maximum absolute atomic E-state index is 12.9. The van der Waals surface area contributed by atoms with Crippen molar-refractivity contribution in [3.63, 3.8) is 0 Å². The van der Waals surface area contributed by atoms with Gasteiger partial charge in [-0.1, -0.05) is 27.2 Å². The lowest BCUT2D eigenvalue weighted by atomic mass is 10.1. The smallest absolute Gasteiger partial charge is 0.306 e. The largest absolute Gasteiger partial charge is 0.416 e. The molecule has 0 aromatic heterocycles. The summed E-state index contributed by atoms with van der Waals surface area (Å²) in [5, 5.41) is 10.1. The number of nitrogens with one attached hydrogen (secondary N) is 1. The number of anilines is 1. The van der Waals surface area contributed by atoms with Crippen LogP contribution >= 0.6 is 15.9 Å². The van der Waals surface area contributed by atoms with Crippen LogP contribution in [0.2, 0.25) is 0 Å². The number of nitrogens with zero attached hydrogens (tertiary/aromatic N) is 3. The SMILES string of the molecule is CN=NN(C)C(=O)Nc1cccc(C(F)(F)F)c1CBr. The van der Waals surface area contributed by atoms with Crippen LogP contribution in [0.15, 0.2) is 28.5 Å². The Morgan fingerprint density at radius 1 is 1.45 bits per heavy atom. The minimum absolute atomic E-state index is 0.0443. The van der Waals surface area contributed by atoms with Gasteiger partial charge < -0.3 is 5.32 Å². The molecule has 1 aromatic carbocycles. The zero-order chi connectivity index (χ0) is 15.3. The van der Waals surface area contributed by atoms with Crippen molar-refractivity contribution in [2.75, 3.05) is 19.4 Å². The summed E-state index contributed by atoms with van der Waals surface area (Å²) < 4.78 is 38.6. The molecule has 0 aliphatic carbocycles. The van der Waals surface area contributed by atoms with Gasteiger partial charge in [0.25, 0.3) is 0 Å². The van der Waals surface area contributed by atoms with E-state index in [1.807, 2.05) is 0 Å². The summed E-state index contributed by atoms with van der Waals surface area (Å²) in [4.78, 5) is 11.7. The lowest BCUT2D eigenvalue weighted by Crippen LogP contribution is -2.27. The molecule has 0 fully saturated rings. The standard InChI is InChI=1S/C11H12BrF3N4O/c1-16-18-19(2)10(20)17-9-5-3-4-8(7(9)6-12)11(13,14)15/h3-5H,6H2,1-2H3,(H,17,20). The molecule has 110 valence electrons. The van der Waals surface area contributed by atoms with Crippen molar-refractivity contribution in [2.45, 2.75) is 11.5 Å². The first-order chi connectivity index (χ1) is 9.31. The summed E-state index contributed by atoms with van der Waals surface area (Å²) in [6.45, 7) is 0. The molecule has 1 aromatic rings. The lowest BCUT2D eigenvalue weighted by molar-refractivity contribution is -0.138. The molecule has 9 heteroatoms. The monoisotopic (exact) mass is 352 g/mol. The number of carbonyl (C=O) groups is 1. The van der Waals surface area contributed by atoms with E-state index in [-0.39, 0.29) is 16.6 Å². The molecule has 0 atom stereocenters. The third-order valence-corrected chi connectivity index (χ3v) is 2.93. The highest BCUT2D eigenvalue weighted by Crippen LogP contribution is 2.36. The summed E-state index contributed by atoms with van der Waals surface area (Å²) in [5.41, 5.74) is -0.776. The van der Waals surface area contributed by atoms with E-state index >= 15 is 0 Å². The van der Waals surface area contributed by atoms with Gasteiger partial charge in [0.05, 0.1) is 12.6 Å². The van der Waals surface area contributed by atoms with Crippen LogP contribution in [0.4, 0.5) is 23.7 Å². The molecule has 2 amide bonds. The number of urea groups is 1. The zero-order valence-electron chi connectivity index (χ0n) is 10.7. The second-order valence-electron chi connectivity index (χ2n) is 3.71. The van der Waals surface area contributed by atoms with Gasteiger partial charge in [-0.25, -0.2) is 4.79 Å². The molecule has 1 N–H and O–H groups in total. The Balaban J connectivity index is 3.11. The molecule has 0 saturated carbocycles. The first kappa shape index (κ1) is 16.4. The van der Waals surface area contributed by atoms with Crippen molar-refractivity contribution < 1.29 is 18.0 Å². The summed E-state index contributed by atoms with van der Waals surface area (Å²) in [7, 11) is 2.71. The summed E-state index contributed by atoms with van der Waals surface area (Å²) >= 11 is 3.00. The molecular weight excluding hydrogens is 341 g/mol. The van der Waals surface area contributed by atoms with Gasteiger partial charge in [0.15, 0.2) is 0 Å². The number of alkyl halides is 4. The average molecular weight is 353 g/mol. The van der Waals surface area contributed by atoms with Gasteiger partial charge in [-0.05, 0) is 17.7 Å². The number of rotatable bonds is 3. The fourth-order valence-electron chi connectivity index (χ4n) is 1.48. The van der Waals surface area contributed by atoms with Crippen LogP contribution in [0.1, 0.15) is 11.1 Å². The predicted molar refractivity (Wildman–Crippen MR) is 71.6 cm³/mol. The molecule has 0 saturated heterocycles. The molecule has 0 bridgehead atoms. The predicted octanol–water partition coefficient (Wildman–Crippen LogP) is 4.06. The average Bonchev–Trinajstić information content (AvgIpc) is 2.37. The Labute approximate surface area is 122 Å². The summed E-state index contributed by atoms with van der Waals surface area (Å²) in [6.07, 6.45) is -4.49. The van der Waals surface area contributed by atoms with E-state index in [4.69, 9.17) is 0 Å². The lowest BCUT2D eigenvalue weighted by Gasteiger charge is -2.17. The van der Waals surface area contributed by atoms with Gasteiger partial charge >= 0.3 is 12.2 Å². The Bertz CT molecular complexity index is 519. The van der Waals surface area contributed by atoms with Gasteiger partial charge in [0.2, 0.25) is 0 Å². The van der Waals surface area contributed by atoms with Crippen LogP contribution in [0.25, 0.3) is 0 Å². The van der Waals surface area contributed by atoms with Crippen LogP contribution in [-0.4, -0.2) is 25.1 Å². The molecule has 0 spiro atoms. The molecule has 1 rings (SSSR count). The molecule has 0 aliphatic rings. The topological polar surface area (TPSA) is 57.1 Å². The molecule has 0 heterocycles. The third kappa shape index (κ3) is 3.92. The van der Waals surface area contributed by atoms with E-state index in [0.29, 0.717) is 0 Å².